The van der Waals surface area contributed by atoms with E-state index in [-0.39, 0.29) is 18.4 Å². The molecular formula is C22H44ClNO2. The van der Waals surface area contributed by atoms with Crippen LogP contribution in [0.2, 0.25) is 0 Å². The van der Waals surface area contributed by atoms with Gasteiger partial charge in [0, 0.05) is 12.1 Å². The number of carbonyl (C=O) groups is 1. The predicted octanol–water partition coefficient (Wildman–Crippen LogP) is 6.55. The molecule has 0 fully saturated rings. The Balaban J connectivity index is 0. The first-order valence-electron chi connectivity index (χ1n) is 10.6. The summed E-state index contributed by atoms with van der Waals surface area (Å²) >= 11 is 0. The third kappa shape index (κ3) is 19.8. The molecule has 0 aromatic rings. The molecular weight excluding hydrogens is 346 g/mol. The molecule has 0 aliphatic rings. The van der Waals surface area contributed by atoms with Gasteiger partial charge in [-0.25, -0.2) is 4.79 Å². The Morgan fingerprint density at radius 3 is 1.77 bits per heavy atom. The molecule has 0 aromatic heterocycles. The number of hydrogen-bond acceptors (Lipinski definition) is 3. The van der Waals surface area contributed by atoms with Crippen LogP contribution in [-0.2, 0) is 9.53 Å². The van der Waals surface area contributed by atoms with Crippen molar-refractivity contribution in [3.05, 3.63) is 11.6 Å². The monoisotopic (exact) mass is 389 g/mol. The van der Waals surface area contributed by atoms with E-state index in [1.165, 1.54) is 70.6 Å². The first-order chi connectivity index (χ1) is 12.1. The number of hydrogen-bond donors (Lipinski definition) is 0. The summed E-state index contributed by atoms with van der Waals surface area (Å²) in [5.74, 6) is -0.151. The van der Waals surface area contributed by atoms with Gasteiger partial charge < -0.3 is 9.64 Å². The molecule has 0 saturated heterocycles. The van der Waals surface area contributed by atoms with Crippen molar-refractivity contribution in [3.63, 3.8) is 0 Å². The van der Waals surface area contributed by atoms with Crippen LogP contribution in [0.3, 0.4) is 0 Å². The van der Waals surface area contributed by atoms with Crippen LogP contribution < -0.4 is 0 Å². The lowest BCUT2D eigenvalue weighted by molar-refractivity contribution is -0.139. The van der Waals surface area contributed by atoms with E-state index in [1.807, 2.05) is 27.1 Å². The zero-order valence-corrected chi connectivity index (χ0v) is 18.7. The number of carbonyl (C=O) groups excluding carboxylic acids is 1. The zero-order chi connectivity index (χ0) is 18.8. The first-order valence-corrected chi connectivity index (χ1v) is 10.6. The predicted molar refractivity (Wildman–Crippen MR) is 116 cm³/mol. The van der Waals surface area contributed by atoms with E-state index in [1.54, 1.807) is 0 Å². The lowest BCUT2D eigenvalue weighted by atomic mass is 10.1. The fourth-order valence-corrected chi connectivity index (χ4v) is 2.84. The maximum absolute atomic E-state index is 11.8. The molecule has 156 valence electrons. The van der Waals surface area contributed by atoms with E-state index in [4.69, 9.17) is 4.74 Å². The Kier molecular flexibility index (Phi) is 22.1. The molecule has 0 N–H and O–H groups in total. The van der Waals surface area contributed by atoms with Gasteiger partial charge >= 0.3 is 5.97 Å². The van der Waals surface area contributed by atoms with Gasteiger partial charge in [-0.3, -0.25) is 0 Å². The van der Waals surface area contributed by atoms with Gasteiger partial charge in [-0.1, -0.05) is 83.6 Å². The fourth-order valence-electron chi connectivity index (χ4n) is 2.84. The summed E-state index contributed by atoms with van der Waals surface area (Å²) < 4.78 is 5.33. The second-order valence-corrected chi connectivity index (χ2v) is 7.50. The summed E-state index contributed by atoms with van der Waals surface area (Å²) in [6.07, 6.45) is 18.8. The SMILES string of the molecule is CCCCCCCCCCCCCCOC(=O)C(C)=CCCN(C)C.Cl. The molecule has 26 heavy (non-hydrogen) atoms. The van der Waals surface area contributed by atoms with Crippen LogP contribution in [0.5, 0.6) is 0 Å². The van der Waals surface area contributed by atoms with Crippen molar-refractivity contribution in [1.29, 1.82) is 0 Å². The number of rotatable bonds is 17. The molecule has 0 atom stereocenters. The van der Waals surface area contributed by atoms with Gasteiger partial charge in [-0.2, -0.15) is 0 Å². The topological polar surface area (TPSA) is 29.5 Å². The van der Waals surface area contributed by atoms with Gasteiger partial charge in [0.2, 0.25) is 0 Å². The molecule has 0 spiro atoms. The summed E-state index contributed by atoms with van der Waals surface area (Å²) in [5.41, 5.74) is 0.737. The molecule has 0 unspecified atom stereocenters. The molecule has 0 rings (SSSR count). The number of halogens is 1. The standard InChI is InChI=1S/C22H43NO2.ClH/c1-5-6-7-8-9-10-11-12-13-14-15-16-20-25-22(24)21(2)18-17-19-23(3)4;/h18H,5-17,19-20H2,1-4H3;1H. The van der Waals surface area contributed by atoms with Crippen molar-refractivity contribution in [2.45, 2.75) is 97.3 Å². The van der Waals surface area contributed by atoms with Crippen LogP contribution >= 0.6 is 12.4 Å². The van der Waals surface area contributed by atoms with Crippen LogP contribution in [0.4, 0.5) is 0 Å². The van der Waals surface area contributed by atoms with Crippen LogP contribution in [0.15, 0.2) is 11.6 Å². The molecule has 0 aromatic carbocycles. The minimum atomic E-state index is -0.151. The molecule has 0 aliphatic carbocycles. The minimum absolute atomic E-state index is 0. The van der Waals surface area contributed by atoms with Crippen LogP contribution in [0, 0.1) is 0 Å². The quantitative estimate of drug-likeness (QED) is 0.160. The number of ether oxygens (including phenoxy) is 1. The van der Waals surface area contributed by atoms with E-state index in [0.717, 1.165) is 25.0 Å². The fraction of sp³-hybridized carbons (Fsp3) is 0.864. The second-order valence-electron chi connectivity index (χ2n) is 7.50. The van der Waals surface area contributed by atoms with Crippen molar-refractivity contribution in [2.75, 3.05) is 27.2 Å². The summed E-state index contributed by atoms with van der Waals surface area (Å²) in [6.45, 7) is 5.64. The van der Waals surface area contributed by atoms with Crippen LogP contribution in [0.1, 0.15) is 97.3 Å². The smallest absolute Gasteiger partial charge is 0.333 e. The Labute approximate surface area is 169 Å². The van der Waals surface area contributed by atoms with Crippen molar-refractivity contribution >= 4 is 18.4 Å². The Morgan fingerprint density at radius 1 is 0.846 bits per heavy atom. The van der Waals surface area contributed by atoms with Crippen molar-refractivity contribution in [1.82, 2.24) is 4.90 Å². The second kappa shape index (κ2) is 20.8. The maximum atomic E-state index is 11.8. The highest BCUT2D eigenvalue weighted by Gasteiger charge is 2.04. The molecule has 0 aliphatic heterocycles. The zero-order valence-electron chi connectivity index (χ0n) is 17.9. The molecule has 0 saturated carbocycles. The normalized spacial score (nSPS) is 11.5. The Bertz CT molecular complexity index is 343. The van der Waals surface area contributed by atoms with E-state index in [9.17, 15) is 4.79 Å². The minimum Gasteiger partial charge on any atom is -0.462 e. The van der Waals surface area contributed by atoms with Crippen molar-refractivity contribution in [3.8, 4) is 0 Å². The van der Waals surface area contributed by atoms with Gasteiger partial charge in [0.05, 0.1) is 6.61 Å². The Morgan fingerprint density at radius 2 is 1.31 bits per heavy atom. The molecule has 0 amide bonds. The largest absolute Gasteiger partial charge is 0.462 e. The van der Waals surface area contributed by atoms with Gasteiger partial charge in [-0.05, 0) is 33.9 Å². The molecule has 0 bridgehead atoms. The summed E-state index contributed by atoms with van der Waals surface area (Å²) in [7, 11) is 4.07. The molecule has 0 radical (unpaired) electrons. The first kappa shape index (κ1) is 27.7. The van der Waals surface area contributed by atoms with E-state index >= 15 is 0 Å². The number of esters is 1. The van der Waals surface area contributed by atoms with Gasteiger partial charge in [0.1, 0.15) is 0 Å². The van der Waals surface area contributed by atoms with Crippen LogP contribution in [0.25, 0.3) is 0 Å². The number of unbranched alkanes of at least 4 members (excludes halogenated alkanes) is 11. The van der Waals surface area contributed by atoms with Crippen LogP contribution in [-0.4, -0.2) is 38.1 Å². The Hall–Kier alpha value is -0.540. The van der Waals surface area contributed by atoms with E-state index in [0.29, 0.717) is 6.61 Å². The third-order valence-electron chi connectivity index (χ3n) is 4.58. The molecule has 0 heterocycles. The highest BCUT2D eigenvalue weighted by atomic mass is 35.5. The van der Waals surface area contributed by atoms with E-state index in [2.05, 4.69) is 11.8 Å². The maximum Gasteiger partial charge on any atom is 0.333 e. The summed E-state index contributed by atoms with van der Waals surface area (Å²) in [4.78, 5) is 13.9. The average Bonchev–Trinajstić information content (AvgIpc) is 2.58. The lowest BCUT2D eigenvalue weighted by Crippen LogP contribution is -2.13. The summed E-state index contributed by atoms with van der Waals surface area (Å²) in [5, 5.41) is 0. The molecule has 3 nitrogen and oxygen atoms in total. The van der Waals surface area contributed by atoms with E-state index < -0.39 is 0 Å². The van der Waals surface area contributed by atoms with Gasteiger partial charge in [0.15, 0.2) is 0 Å². The number of nitrogens with zero attached hydrogens (tertiary/aromatic N) is 1. The highest BCUT2D eigenvalue weighted by Crippen LogP contribution is 2.12. The average molecular weight is 390 g/mol. The third-order valence-corrected chi connectivity index (χ3v) is 4.58. The van der Waals surface area contributed by atoms with Crippen molar-refractivity contribution in [2.24, 2.45) is 0 Å². The van der Waals surface area contributed by atoms with Crippen molar-refractivity contribution < 1.29 is 9.53 Å². The molecule has 4 heteroatoms. The highest BCUT2D eigenvalue weighted by molar-refractivity contribution is 5.87. The van der Waals surface area contributed by atoms with Gasteiger partial charge in [0.25, 0.3) is 0 Å². The lowest BCUT2D eigenvalue weighted by Gasteiger charge is -2.08. The summed E-state index contributed by atoms with van der Waals surface area (Å²) in [6, 6.07) is 0. The van der Waals surface area contributed by atoms with Gasteiger partial charge in [-0.15, -0.1) is 12.4 Å².